The molecule has 0 aromatic heterocycles. The summed E-state index contributed by atoms with van der Waals surface area (Å²) in [5, 5.41) is 0. The zero-order valence-electron chi connectivity index (χ0n) is 12.6. The summed E-state index contributed by atoms with van der Waals surface area (Å²) >= 11 is 0. The fourth-order valence-electron chi connectivity index (χ4n) is 1.82. The van der Waals surface area contributed by atoms with Gasteiger partial charge in [0.2, 0.25) is 0 Å². The van der Waals surface area contributed by atoms with E-state index in [1.54, 1.807) is 0 Å². The third-order valence-corrected chi connectivity index (χ3v) is 6.62. The minimum absolute atomic E-state index is 0.344. The van der Waals surface area contributed by atoms with Gasteiger partial charge in [-0.05, 0) is 48.5 Å². The summed E-state index contributed by atoms with van der Waals surface area (Å²) in [6, 6.07) is 7.35. The smallest absolute Gasteiger partial charge is 0.416 e. The predicted molar refractivity (Wildman–Crippen MR) is 81.9 cm³/mol. The number of hydrogen-bond donors (Lipinski definition) is 1. The van der Waals surface area contributed by atoms with Gasteiger partial charge in [0.05, 0.1) is 22.5 Å². The maximum Gasteiger partial charge on any atom is 0.416 e. The van der Waals surface area contributed by atoms with Gasteiger partial charge in [0.25, 0.3) is 20.0 Å². The molecule has 2 rings (SSSR count). The standard InChI is InChI=1S/C14H12F3NO5S2/c1-23-11-4-8-13(9-5-11)25(21,22)18-24(19,20)12-6-2-10(3-7-12)14(15,16)17/h2-9,18H,1H3. The summed E-state index contributed by atoms with van der Waals surface area (Å²) in [7, 11) is -7.65. The zero-order valence-corrected chi connectivity index (χ0v) is 14.2. The van der Waals surface area contributed by atoms with E-state index in [0.29, 0.717) is 30.0 Å². The lowest BCUT2D eigenvalue weighted by Gasteiger charge is -2.10. The van der Waals surface area contributed by atoms with Crippen LogP contribution < -0.4 is 8.86 Å². The molecule has 0 aliphatic heterocycles. The van der Waals surface area contributed by atoms with Crippen LogP contribution in [-0.2, 0) is 26.2 Å². The summed E-state index contributed by atoms with van der Waals surface area (Å²) in [5.41, 5.74) is -1.05. The lowest BCUT2D eigenvalue weighted by molar-refractivity contribution is -0.137. The minimum atomic E-state index is -4.63. The molecule has 0 amide bonds. The average molecular weight is 395 g/mol. The Morgan fingerprint density at radius 3 is 1.56 bits per heavy atom. The summed E-state index contributed by atoms with van der Waals surface area (Å²) in [6.07, 6.45) is -4.63. The van der Waals surface area contributed by atoms with Crippen molar-refractivity contribution in [2.75, 3.05) is 7.11 Å². The number of rotatable bonds is 5. The largest absolute Gasteiger partial charge is 0.497 e. The van der Waals surface area contributed by atoms with Crippen molar-refractivity contribution in [3.05, 3.63) is 54.1 Å². The molecule has 0 unspecified atom stereocenters. The summed E-state index contributed by atoms with van der Waals surface area (Å²) in [4.78, 5) is -0.957. The van der Waals surface area contributed by atoms with Crippen molar-refractivity contribution < 1.29 is 34.7 Å². The topological polar surface area (TPSA) is 89.5 Å². The summed E-state index contributed by atoms with van der Waals surface area (Å²) in [6.45, 7) is 0. The van der Waals surface area contributed by atoms with E-state index in [4.69, 9.17) is 4.74 Å². The molecule has 2 aromatic rings. The van der Waals surface area contributed by atoms with Crippen LogP contribution in [0.3, 0.4) is 0 Å². The molecule has 136 valence electrons. The fourth-order valence-corrected chi connectivity index (χ4v) is 4.73. The van der Waals surface area contributed by atoms with E-state index < -0.39 is 36.7 Å². The van der Waals surface area contributed by atoms with Crippen molar-refractivity contribution >= 4 is 20.0 Å². The average Bonchev–Trinajstić information content (AvgIpc) is 2.53. The number of alkyl halides is 3. The molecule has 0 radical (unpaired) electrons. The van der Waals surface area contributed by atoms with Crippen molar-refractivity contribution in [1.29, 1.82) is 0 Å². The van der Waals surface area contributed by atoms with Gasteiger partial charge in [-0.3, -0.25) is 0 Å². The molecule has 0 saturated heterocycles. The first-order valence-electron chi connectivity index (χ1n) is 6.56. The molecule has 0 heterocycles. The Labute approximate surface area is 142 Å². The second-order valence-corrected chi connectivity index (χ2v) is 8.41. The van der Waals surface area contributed by atoms with Crippen molar-refractivity contribution in [1.82, 2.24) is 4.13 Å². The Balaban J connectivity index is 2.30. The second kappa shape index (κ2) is 6.65. The first-order chi connectivity index (χ1) is 11.5. The molecule has 6 nitrogen and oxygen atoms in total. The van der Waals surface area contributed by atoms with Crippen LogP contribution in [-0.4, -0.2) is 23.9 Å². The van der Waals surface area contributed by atoms with Gasteiger partial charge < -0.3 is 4.74 Å². The van der Waals surface area contributed by atoms with Crippen molar-refractivity contribution in [3.8, 4) is 5.75 Å². The lowest BCUT2D eigenvalue weighted by atomic mass is 10.2. The van der Waals surface area contributed by atoms with Gasteiger partial charge in [0, 0.05) is 0 Å². The Morgan fingerprint density at radius 2 is 1.20 bits per heavy atom. The monoisotopic (exact) mass is 395 g/mol. The lowest BCUT2D eigenvalue weighted by Crippen LogP contribution is -2.30. The van der Waals surface area contributed by atoms with Crippen molar-refractivity contribution in [2.24, 2.45) is 0 Å². The molecule has 11 heteroatoms. The number of hydrogen-bond acceptors (Lipinski definition) is 5. The quantitative estimate of drug-likeness (QED) is 0.840. The highest BCUT2D eigenvalue weighted by Crippen LogP contribution is 2.29. The molecule has 0 saturated carbocycles. The number of ether oxygens (including phenoxy) is 1. The highest BCUT2D eigenvalue weighted by Gasteiger charge is 2.31. The highest BCUT2D eigenvalue weighted by atomic mass is 32.3. The third kappa shape index (κ3) is 4.50. The Kier molecular flexibility index (Phi) is 5.11. The SMILES string of the molecule is COc1ccc(S(=O)(=O)NS(=O)(=O)c2ccc(C(F)(F)F)cc2)cc1. The van der Waals surface area contributed by atoms with Crippen LogP contribution in [0.4, 0.5) is 13.2 Å². The Morgan fingerprint density at radius 1 is 0.800 bits per heavy atom. The highest BCUT2D eigenvalue weighted by molar-refractivity contribution is 8.04. The molecular formula is C14H12F3NO5S2. The Hall–Kier alpha value is -2.11. The zero-order chi connectivity index (χ0) is 18.9. The van der Waals surface area contributed by atoms with Gasteiger partial charge in [-0.25, -0.2) is 16.8 Å². The second-order valence-electron chi connectivity index (χ2n) is 4.79. The van der Waals surface area contributed by atoms with Crippen LogP contribution >= 0.6 is 0 Å². The van der Waals surface area contributed by atoms with Gasteiger partial charge in [-0.1, -0.05) is 0 Å². The van der Waals surface area contributed by atoms with Crippen LogP contribution in [0.2, 0.25) is 0 Å². The van der Waals surface area contributed by atoms with E-state index in [2.05, 4.69) is 0 Å². The molecule has 25 heavy (non-hydrogen) atoms. The van der Waals surface area contributed by atoms with E-state index >= 15 is 0 Å². The predicted octanol–water partition coefficient (Wildman–Crippen LogP) is 2.38. The van der Waals surface area contributed by atoms with Gasteiger partial charge in [-0.2, -0.15) is 13.2 Å². The fraction of sp³-hybridized carbons (Fsp3) is 0.143. The van der Waals surface area contributed by atoms with Crippen LogP contribution in [0.1, 0.15) is 5.56 Å². The number of halogens is 3. The molecule has 1 N–H and O–H groups in total. The number of methoxy groups -OCH3 is 1. The van der Waals surface area contributed by atoms with Gasteiger partial charge in [-0.15, -0.1) is 4.13 Å². The maximum atomic E-state index is 12.5. The van der Waals surface area contributed by atoms with Crippen molar-refractivity contribution in [2.45, 2.75) is 16.0 Å². The molecule has 0 aliphatic carbocycles. The molecule has 0 bridgehead atoms. The van der Waals surface area contributed by atoms with Crippen molar-refractivity contribution in [3.63, 3.8) is 0 Å². The molecular weight excluding hydrogens is 383 g/mol. The first-order valence-corrected chi connectivity index (χ1v) is 9.52. The van der Waals surface area contributed by atoms with Crippen LogP contribution in [0.25, 0.3) is 0 Å². The third-order valence-electron chi connectivity index (χ3n) is 3.08. The van der Waals surface area contributed by atoms with Crippen LogP contribution in [0.5, 0.6) is 5.75 Å². The summed E-state index contributed by atoms with van der Waals surface area (Å²) < 4.78 is 92.3. The normalized spacial score (nSPS) is 12.8. The molecule has 2 aromatic carbocycles. The summed E-state index contributed by atoms with van der Waals surface area (Å²) in [5.74, 6) is 0.365. The first kappa shape index (κ1) is 19.2. The number of benzene rings is 2. The van der Waals surface area contributed by atoms with Gasteiger partial charge >= 0.3 is 6.18 Å². The van der Waals surface area contributed by atoms with E-state index in [9.17, 15) is 30.0 Å². The van der Waals surface area contributed by atoms with Crippen LogP contribution in [0.15, 0.2) is 58.3 Å². The number of nitrogens with one attached hydrogen (secondary N) is 1. The number of sulfonamides is 2. The van der Waals surface area contributed by atoms with E-state index in [-0.39, 0.29) is 4.90 Å². The van der Waals surface area contributed by atoms with Gasteiger partial charge in [0.15, 0.2) is 0 Å². The minimum Gasteiger partial charge on any atom is -0.497 e. The maximum absolute atomic E-state index is 12.5. The van der Waals surface area contributed by atoms with E-state index in [1.807, 2.05) is 0 Å². The molecule has 0 aliphatic rings. The van der Waals surface area contributed by atoms with Gasteiger partial charge in [0.1, 0.15) is 5.75 Å². The molecule has 0 spiro atoms. The van der Waals surface area contributed by atoms with E-state index in [0.717, 1.165) is 12.1 Å². The molecule has 0 atom stereocenters. The Bertz CT molecular complexity index is 951. The van der Waals surface area contributed by atoms with E-state index in [1.165, 1.54) is 23.4 Å². The van der Waals surface area contributed by atoms with Crippen LogP contribution in [0, 0.1) is 0 Å². The molecule has 0 fully saturated rings.